The standard InChI is InChI=1S/C8H7BF2O2/c10-7-3-6(4-8(11)5-7)9-12-1-2-13-9/h3-5H,1-2H2. The summed E-state index contributed by atoms with van der Waals surface area (Å²) in [5.74, 6) is -1.23. The lowest BCUT2D eigenvalue weighted by atomic mass is 9.79. The predicted octanol–water partition coefficient (Wildman–Crippen LogP) is 0.707. The maximum absolute atomic E-state index is 12.7. The first kappa shape index (κ1) is 8.65. The number of hydrogen-bond acceptors (Lipinski definition) is 2. The molecule has 1 aliphatic rings. The first-order chi connectivity index (χ1) is 6.25. The van der Waals surface area contributed by atoms with Gasteiger partial charge < -0.3 is 9.31 Å². The Bertz CT molecular complexity index is 293. The van der Waals surface area contributed by atoms with Gasteiger partial charge in [-0.2, -0.15) is 0 Å². The van der Waals surface area contributed by atoms with Crippen LogP contribution in [0.5, 0.6) is 0 Å². The molecule has 1 aromatic rings. The van der Waals surface area contributed by atoms with Crippen molar-refractivity contribution in [2.24, 2.45) is 0 Å². The topological polar surface area (TPSA) is 18.5 Å². The largest absolute Gasteiger partial charge is 0.494 e. The highest BCUT2D eigenvalue weighted by Gasteiger charge is 2.26. The van der Waals surface area contributed by atoms with Crippen LogP contribution in [0.15, 0.2) is 18.2 Å². The van der Waals surface area contributed by atoms with E-state index < -0.39 is 18.8 Å². The highest BCUT2D eigenvalue weighted by molar-refractivity contribution is 6.61. The van der Waals surface area contributed by atoms with E-state index in [-0.39, 0.29) is 0 Å². The van der Waals surface area contributed by atoms with Gasteiger partial charge in [0.1, 0.15) is 11.6 Å². The second-order valence-electron chi connectivity index (χ2n) is 2.78. The van der Waals surface area contributed by atoms with Gasteiger partial charge in [0, 0.05) is 6.07 Å². The van der Waals surface area contributed by atoms with E-state index in [1.807, 2.05) is 0 Å². The summed E-state index contributed by atoms with van der Waals surface area (Å²) in [7, 11) is -0.620. The van der Waals surface area contributed by atoms with Gasteiger partial charge in [0.2, 0.25) is 0 Å². The molecule has 1 fully saturated rings. The minimum absolute atomic E-state index is 0.384. The summed E-state index contributed by atoms with van der Waals surface area (Å²) in [6.45, 7) is 0.922. The van der Waals surface area contributed by atoms with Crippen LogP contribution >= 0.6 is 0 Å². The fraction of sp³-hybridized carbons (Fsp3) is 0.250. The maximum Gasteiger partial charge on any atom is 0.494 e. The molecule has 13 heavy (non-hydrogen) atoms. The molecule has 2 nitrogen and oxygen atoms in total. The van der Waals surface area contributed by atoms with Crippen LogP contribution in [-0.4, -0.2) is 20.3 Å². The smallest absolute Gasteiger partial charge is 0.405 e. The fourth-order valence-electron chi connectivity index (χ4n) is 1.26. The van der Waals surface area contributed by atoms with Gasteiger partial charge in [0.15, 0.2) is 0 Å². The van der Waals surface area contributed by atoms with Gasteiger partial charge >= 0.3 is 7.12 Å². The molecule has 0 aliphatic carbocycles. The molecule has 0 radical (unpaired) electrons. The Balaban J connectivity index is 2.28. The Morgan fingerprint density at radius 1 is 1.00 bits per heavy atom. The Morgan fingerprint density at radius 3 is 2.08 bits per heavy atom. The monoisotopic (exact) mass is 184 g/mol. The van der Waals surface area contributed by atoms with E-state index in [0.29, 0.717) is 18.7 Å². The van der Waals surface area contributed by atoms with Crippen molar-refractivity contribution in [1.29, 1.82) is 0 Å². The number of hydrogen-bond donors (Lipinski definition) is 0. The Kier molecular flexibility index (Phi) is 2.29. The minimum Gasteiger partial charge on any atom is -0.405 e. The van der Waals surface area contributed by atoms with Crippen LogP contribution in [0.25, 0.3) is 0 Å². The molecule has 0 bridgehead atoms. The van der Waals surface area contributed by atoms with Gasteiger partial charge in [-0.25, -0.2) is 8.78 Å². The molecule has 0 amide bonds. The molecule has 1 aliphatic heterocycles. The van der Waals surface area contributed by atoms with Crippen LogP contribution < -0.4 is 5.46 Å². The van der Waals surface area contributed by atoms with Crippen molar-refractivity contribution >= 4 is 12.6 Å². The average molecular weight is 184 g/mol. The summed E-state index contributed by atoms with van der Waals surface area (Å²) in [5, 5.41) is 0. The van der Waals surface area contributed by atoms with Crippen LogP contribution in [0.3, 0.4) is 0 Å². The van der Waals surface area contributed by atoms with E-state index in [1.54, 1.807) is 0 Å². The molecule has 0 unspecified atom stereocenters. The van der Waals surface area contributed by atoms with Gasteiger partial charge in [0.05, 0.1) is 13.2 Å². The fourth-order valence-corrected chi connectivity index (χ4v) is 1.26. The van der Waals surface area contributed by atoms with Crippen molar-refractivity contribution in [2.45, 2.75) is 0 Å². The van der Waals surface area contributed by atoms with Gasteiger partial charge in [0.25, 0.3) is 0 Å². The zero-order valence-corrected chi connectivity index (χ0v) is 6.80. The summed E-state index contributed by atoms with van der Waals surface area (Å²) in [6.07, 6.45) is 0. The molecule has 0 atom stereocenters. The molecule has 1 aromatic carbocycles. The van der Waals surface area contributed by atoms with E-state index in [1.165, 1.54) is 12.1 Å². The third kappa shape index (κ3) is 1.87. The van der Waals surface area contributed by atoms with Crippen molar-refractivity contribution < 1.29 is 18.1 Å². The Morgan fingerprint density at radius 2 is 1.54 bits per heavy atom. The lowest BCUT2D eigenvalue weighted by Gasteiger charge is -2.03. The Hall–Kier alpha value is -0.935. The summed E-state index contributed by atoms with van der Waals surface area (Å²) >= 11 is 0. The molecule has 0 spiro atoms. The van der Waals surface area contributed by atoms with E-state index in [2.05, 4.69) is 0 Å². The lowest BCUT2D eigenvalue weighted by Crippen LogP contribution is -2.32. The summed E-state index contributed by atoms with van der Waals surface area (Å²) in [5.41, 5.74) is 0.384. The van der Waals surface area contributed by atoms with Crippen LogP contribution in [0.1, 0.15) is 0 Å². The molecule has 68 valence electrons. The SMILES string of the molecule is Fc1cc(F)cc(B2OCCO2)c1. The predicted molar refractivity (Wildman–Crippen MR) is 43.7 cm³/mol. The molecule has 1 heterocycles. The van der Waals surface area contributed by atoms with E-state index in [0.717, 1.165) is 6.07 Å². The van der Waals surface area contributed by atoms with E-state index >= 15 is 0 Å². The zero-order chi connectivity index (χ0) is 9.26. The lowest BCUT2D eigenvalue weighted by molar-refractivity contribution is 0.365. The van der Waals surface area contributed by atoms with Crippen molar-refractivity contribution in [3.8, 4) is 0 Å². The molecular formula is C8H7BF2O2. The number of rotatable bonds is 1. The summed E-state index contributed by atoms with van der Waals surface area (Å²) < 4.78 is 35.6. The van der Waals surface area contributed by atoms with Crippen LogP contribution in [0.2, 0.25) is 0 Å². The van der Waals surface area contributed by atoms with Gasteiger partial charge in [-0.1, -0.05) is 0 Å². The van der Waals surface area contributed by atoms with E-state index in [9.17, 15) is 8.78 Å². The third-order valence-electron chi connectivity index (χ3n) is 1.78. The Labute approximate surface area is 74.6 Å². The molecule has 5 heteroatoms. The normalized spacial score (nSPS) is 16.6. The third-order valence-corrected chi connectivity index (χ3v) is 1.78. The van der Waals surface area contributed by atoms with Crippen LogP contribution in [-0.2, 0) is 9.31 Å². The van der Waals surface area contributed by atoms with E-state index in [4.69, 9.17) is 9.31 Å². The number of halogens is 2. The first-order valence-electron chi connectivity index (χ1n) is 3.95. The van der Waals surface area contributed by atoms with Crippen molar-refractivity contribution in [1.82, 2.24) is 0 Å². The van der Waals surface area contributed by atoms with Gasteiger partial charge in [-0.15, -0.1) is 0 Å². The molecule has 1 saturated heterocycles. The second-order valence-corrected chi connectivity index (χ2v) is 2.78. The summed E-state index contributed by atoms with van der Waals surface area (Å²) in [6, 6.07) is 3.23. The average Bonchev–Trinajstić information content (AvgIpc) is 2.53. The van der Waals surface area contributed by atoms with Crippen LogP contribution in [0.4, 0.5) is 8.78 Å². The number of benzene rings is 1. The molecular weight excluding hydrogens is 177 g/mol. The highest BCUT2D eigenvalue weighted by Crippen LogP contribution is 2.04. The molecule has 0 N–H and O–H groups in total. The summed E-state index contributed by atoms with van der Waals surface area (Å²) in [4.78, 5) is 0. The van der Waals surface area contributed by atoms with Gasteiger partial charge in [-0.05, 0) is 17.6 Å². The second kappa shape index (κ2) is 3.43. The minimum atomic E-state index is -0.620. The molecule has 2 rings (SSSR count). The maximum atomic E-state index is 12.7. The van der Waals surface area contributed by atoms with Crippen molar-refractivity contribution in [3.05, 3.63) is 29.8 Å². The molecule has 0 saturated carbocycles. The van der Waals surface area contributed by atoms with Crippen LogP contribution in [0, 0.1) is 11.6 Å². The van der Waals surface area contributed by atoms with Crippen molar-refractivity contribution in [3.63, 3.8) is 0 Å². The highest BCUT2D eigenvalue weighted by atomic mass is 19.1. The van der Waals surface area contributed by atoms with Crippen molar-refractivity contribution in [2.75, 3.05) is 13.2 Å². The van der Waals surface area contributed by atoms with Gasteiger partial charge in [-0.3, -0.25) is 0 Å². The quantitative estimate of drug-likeness (QED) is 0.598. The first-order valence-corrected chi connectivity index (χ1v) is 3.95. The molecule has 0 aromatic heterocycles. The zero-order valence-electron chi connectivity index (χ0n) is 6.80.